The van der Waals surface area contributed by atoms with Crippen molar-refractivity contribution in [2.75, 3.05) is 5.32 Å². The molecule has 0 bridgehead atoms. The van der Waals surface area contributed by atoms with Crippen LogP contribution in [0.3, 0.4) is 0 Å². The molecule has 0 atom stereocenters. The number of halogens is 1. The summed E-state index contributed by atoms with van der Waals surface area (Å²) in [6.45, 7) is 3.52. The lowest BCUT2D eigenvalue weighted by molar-refractivity contribution is 0.0949. The average Bonchev–Trinajstić information content (AvgIpc) is 3.23. The van der Waals surface area contributed by atoms with Crippen LogP contribution in [0.2, 0.25) is 5.02 Å². The Balaban J connectivity index is 1.78. The molecule has 23 heavy (non-hydrogen) atoms. The molecule has 1 heterocycles. The quantitative estimate of drug-likeness (QED) is 0.896. The summed E-state index contributed by atoms with van der Waals surface area (Å²) in [6, 6.07) is 6.78. The number of hydrogen-bond acceptors (Lipinski definition) is 3. The zero-order chi connectivity index (χ0) is 16.6. The molecule has 6 heteroatoms. The van der Waals surface area contributed by atoms with Gasteiger partial charge in [0.2, 0.25) is 0 Å². The second-order valence-electron chi connectivity index (χ2n) is 5.72. The van der Waals surface area contributed by atoms with E-state index in [9.17, 15) is 9.59 Å². The maximum atomic E-state index is 12.3. The SMILES string of the molecule is Cc1cc(C(=O)Nc2ccc(Cl)c(C(=O)NC3CC3)c2)c(C)o1. The molecule has 5 nitrogen and oxygen atoms in total. The number of nitrogens with one attached hydrogen (secondary N) is 2. The van der Waals surface area contributed by atoms with Crippen molar-refractivity contribution < 1.29 is 14.0 Å². The summed E-state index contributed by atoms with van der Waals surface area (Å²) in [4.78, 5) is 24.5. The molecule has 3 rings (SSSR count). The number of amides is 2. The third kappa shape index (κ3) is 3.56. The molecular weight excluding hydrogens is 316 g/mol. The predicted octanol–water partition coefficient (Wildman–Crippen LogP) is 3.69. The number of furan rings is 1. The Morgan fingerprint density at radius 1 is 1.13 bits per heavy atom. The Hall–Kier alpha value is -2.27. The fourth-order valence-electron chi connectivity index (χ4n) is 2.32. The molecule has 0 radical (unpaired) electrons. The Morgan fingerprint density at radius 2 is 1.87 bits per heavy atom. The van der Waals surface area contributed by atoms with Crippen LogP contribution in [0.15, 0.2) is 28.7 Å². The molecule has 1 aliphatic carbocycles. The molecule has 1 aromatic carbocycles. The van der Waals surface area contributed by atoms with E-state index < -0.39 is 0 Å². The number of hydrogen-bond donors (Lipinski definition) is 2. The van der Waals surface area contributed by atoms with Gasteiger partial charge in [-0.1, -0.05) is 11.6 Å². The van der Waals surface area contributed by atoms with E-state index in [2.05, 4.69) is 10.6 Å². The lowest BCUT2D eigenvalue weighted by Crippen LogP contribution is -2.25. The summed E-state index contributed by atoms with van der Waals surface area (Å²) in [5, 5.41) is 6.01. The van der Waals surface area contributed by atoms with Crippen LogP contribution in [0.4, 0.5) is 5.69 Å². The summed E-state index contributed by atoms with van der Waals surface area (Å²) in [5.74, 6) is 0.730. The molecule has 0 unspecified atom stereocenters. The standard InChI is InChI=1S/C17H17ClN2O3/c1-9-7-13(10(2)23-9)16(21)20-12-5-6-15(18)14(8-12)17(22)19-11-3-4-11/h5-8,11H,3-4H2,1-2H3,(H,19,22)(H,20,21). The van der Waals surface area contributed by atoms with Crippen molar-refractivity contribution in [3.05, 3.63) is 51.9 Å². The van der Waals surface area contributed by atoms with Crippen molar-refractivity contribution in [3.8, 4) is 0 Å². The van der Waals surface area contributed by atoms with Gasteiger partial charge in [0.25, 0.3) is 11.8 Å². The Labute approximate surface area is 139 Å². The first-order chi connectivity index (χ1) is 10.9. The second-order valence-corrected chi connectivity index (χ2v) is 6.13. The molecular formula is C17H17ClN2O3. The number of carbonyl (C=O) groups is 2. The Kier molecular flexibility index (Phi) is 4.13. The fraction of sp³-hybridized carbons (Fsp3) is 0.294. The first-order valence-electron chi connectivity index (χ1n) is 7.43. The minimum Gasteiger partial charge on any atom is -0.466 e. The lowest BCUT2D eigenvalue weighted by atomic mass is 10.1. The van der Waals surface area contributed by atoms with Crippen LogP contribution < -0.4 is 10.6 Å². The van der Waals surface area contributed by atoms with E-state index in [1.54, 1.807) is 38.1 Å². The van der Waals surface area contributed by atoms with Gasteiger partial charge in [-0.15, -0.1) is 0 Å². The summed E-state index contributed by atoms with van der Waals surface area (Å²) >= 11 is 6.09. The molecule has 1 aromatic heterocycles. The van der Waals surface area contributed by atoms with Gasteiger partial charge in [0.15, 0.2) is 0 Å². The molecule has 0 aliphatic heterocycles. The molecule has 1 aliphatic rings. The van der Waals surface area contributed by atoms with Crippen molar-refractivity contribution in [1.82, 2.24) is 5.32 Å². The maximum Gasteiger partial charge on any atom is 0.259 e. The van der Waals surface area contributed by atoms with Gasteiger partial charge >= 0.3 is 0 Å². The van der Waals surface area contributed by atoms with Gasteiger partial charge in [0.05, 0.1) is 16.1 Å². The van der Waals surface area contributed by atoms with E-state index in [1.165, 1.54) is 0 Å². The predicted molar refractivity (Wildman–Crippen MR) is 88.1 cm³/mol. The lowest BCUT2D eigenvalue weighted by Gasteiger charge is -2.09. The van der Waals surface area contributed by atoms with Gasteiger partial charge in [-0.3, -0.25) is 9.59 Å². The number of carbonyl (C=O) groups excluding carboxylic acids is 2. The van der Waals surface area contributed by atoms with Crippen LogP contribution in [0.1, 0.15) is 45.1 Å². The smallest absolute Gasteiger partial charge is 0.259 e. The van der Waals surface area contributed by atoms with E-state index in [-0.39, 0.29) is 17.9 Å². The average molecular weight is 333 g/mol. The Bertz CT molecular complexity index is 778. The highest BCUT2D eigenvalue weighted by molar-refractivity contribution is 6.34. The van der Waals surface area contributed by atoms with Gasteiger partial charge in [0, 0.05) is 11.7 Å². The van der Waals surface area contributed by atoms with Gasteiger partial charge in [-0.25, -0.2) is 0 Å². The molecule has 2 N–H and O–H groups in total. The maximum absolute atomic E-state index is 12.3. The Morgan fingerprint density at radius 3 is 2.48 bits per heavy atom. The monoisotopic (exact) mass is 332 g/mol. The van der Waals surface area contributed by atoms with E-state index in [0.29, 0.717) is 33.4 Å². The molecule has 1 saturated carbocycles. The van der Waals surface area contributed by atoms with Crippen LogP contribution in [-0.2, 0) is 0 Å². The van der Waals surface area contributed by atoms with Crippen LogP contribution in [-0.4, -0.2) is 17.9 Å². The van der Waals surface area contributed by atoms with Crippen LogP contribution in [0.5, 0.6) is 0 Å². The summed E-state index contributed by atoms with van der Waals surface area (Å²) < 4.78 is 5.36. The zero-order valence-electron chi connectivity index (χ0n) is 12.9. The van der Waals surface area contributed by atoms with Gasteiger partial charge < -0.3 is 15.1 Å². The largest absolute Gasteiger partial charge is 0.466 e. The highest BCUT2D eigenvalue weighted by Gasteiger charge is 2.25. The van der Waals surface area contributed by atoms with Gasteiger partial charge in [0.1, 0.15) is 11.5 Å². The van der Waals surface area contributed by atoms with Crippen LogP contribution >= 0.6 is 11.6 Å². The molecule has 0 saturated heterocycles. The summed E-state index contributed by atoms with van der Waals surface area (Å²) in [7, 11) is 0. The molecule has 2 aromatic rings. The third-order valence-electron chi connectivity index (χ3n) is 3.67. The zero-order valence-corrected chi connectivity index (χ0v) is 13.7. The van der Waals surface area contributed by atoms with E-state index >= 15 is 0 Å². The van der Waals surface area contributed by atoms with Crippen molar-refractivity contribution in [2.45, 2.75) is 32.7 Å². The molecule has 2 amide bonds. The third-order valence-corrected chi connectivity index (χ3v) is 4.00. The topological polar surface area (TPSA) is 71.3 Å². The number of benzene rings is 1. The summed E-state index contributed by atoms with van der Waals surface area (Å²) in [5.41, 5.74) is 1.34. The number of aryl methyl sites for hydroxylation is 2. The van der Waals surface area contributed by atoms with E-state index in [0.717, 1.165) is 12.8 Å². The fourth-order valence-corrected chi connectivity index (χ4v) is 2.53. The number of anilines is 1. The highest BCUT2D eigenvalue weighted by Crippen LogP contribution is 2.24. The summed E-state index contributed by atoms with van der Waals surface area (Å²) in [6.07, 6.45) is 2.00. The molecule has 120 valence electrons. The van der Waals surface area contributed by atoms with Gasteiger partial charge in [-0.2, -0.15) is 0 Å². The molecule has 0 spiro atoms. The van der Waals surface area contributed by atoms with Crippen molar-refractivity contribution in [3.63, 3.8) is 0 Å². The minimum atomic E-state index is -0.282. The van der Waals surface area contributed by atoms with Crippen molar-refractivity contribution in [2.24, 2.45) is 0 Å². The van der Waals surface area contributed by atoms with E-state index in [4.69, 9.17) is 16.0 Å². The minimum absolute atomic E-state index is 0.219. The molecule has 1 fully saturated rings. The van der Waals surface area contributed by atoms with Crippen LogP contribution in [0.25, 0.3) is 0 Å². The number of rotatable bonds is 4. The first kappa shape index (κ1) is 15.6. The second kappa shape index (κ2) is 6.08. The van der Waals surface area contributed by atoms with E-state index in [1.807, 2.05) is 0 Å². The van der Waals surface area contributed by atoms with Crippen LogP contribution in [0, 0.1) is 13.8 Å². The van der Waals surface area contributed by atoms with Crippen molar-refractivity contribution >= 4 is 29.1 Å². The van der Waals surface area contributed by atoms with Gasteiger partial charge in [-0.05, 0) is 51.0 Å². The normalized spacial score (nSPS) is 13.7. The first-order valence-corrected chi connectivity index (χ1v) is 7.80. The highest BCUT2D eigenvalue weighted by atomic mass is 35.5. The van der Waals surface area contributed by atoms with Crippen molar-refractivity contribution in [1.29, 1.82) is 0 Å².